The van der Waals surface area contributed by atoms with Crippen LogP contribution in [0.2, 0.25) is 0 Å². The number of phenols is 1. The minimum atomic E-state index is -0.279. The summed E-state index contributed by atoms with van der Waals surface area (Å²) in [6.45, 7) is 2.39. The Morgan fingerprint density at radius 3 is 2.64 bits per heavy atom. The third kappa shape index (κ3) is 3.22. The lowest BCUT2D eigenvalue weighted by Crippen LogP contribution is -2.34. The van der Waals surface area contributed by atoms with Crippen molar-refractivity contribution in [3.63, 3.8) is 0 Å². The summed E-state index contributed by atoms with van der Waals surface area (Å²) < 4.78 is 13.7. The maximum atomic E-state index is 13.7. The van der Waals surface area contributed by atoms with E-state index in [1.807, 2.05) is 11.0 Å². The number of hydrogen-bond acceptors (Lipinski definition) is 3. The molecule has 0 aromatic heterocycles. The van der Waals surface area contributed by atoms with Crippen LogP contribution in [0, 0.1) is 17.7 Å². The Hall–Kier alpha value is -2.11. The number of carbonyl (C=O) groups excluding carboxylic acids is 1. The van der Waals surface area contributed by atoms with Crippen LogP contribution in [0.4, 0.5) is 4.39 Å². The van der Waals surface area contributed by atoms with Gasteiger partial charge in [0, 0.05) is 31.1 Å². The van der Waals surface area contributed by atoms with Gasteiger partial charge in [-0.05, 0) is 47.9 Å². The molecule has 2 aromatic carbocycles. The van der Waals surface area contributed by atoms with Crippen molar-refractivity contribution >= 4 is 18.3 Å². The molecule has 2 heterocycles. The average Bonchev–Trinajstić information content (AvgIpc) is 3.15. The summed E-state index contributed by atoms with van der Waals surface area (Å²) in [6, 6.07) is 12.7. The van der Waals surface area contributed by atoms with E-state index in [1.165, 1.54) is 24.3 Å². The molecule has 1 amide bonds. The fourth-order valence-electron chi connectivity index (χ4n) is 4.02. The third-order valence-electron chi connectivity index (χ3n) is 5.13. The van der Waals surface area contributed by atoms with Gasteiger partial charge in [0.1, 0.15) is 11.6 Å². The molecule has 25 heavy (non-hydrogen) atoms. The van der Waals surface area contributed by atoms with Crippen molar-refractivity contribution in [1.82, 2.24) is 10.2 Å². The molecule has 0 aliphatic carbocycles. The van der Waals surface area contributed by atoms with Crippen LogP contribution in [0.3, 0.4) is 0 Å². The van der Waals surface area contributed by atoms with Gasteiger partial charge in [0.25, 0.3) is 5.91 Å². The summed E-state index contributed by atoms with van der Waals surface area (Å²) in [6.07, 6.45) is 0. The Labute approximate surface area is 152 Å². The first kappa shape index (κ1) is 17.7. The van der Waals surface area contributed by atoms with Gasteiger partial charge in [0.2, 0.25) is 0 Å². The zero-order valence-corrected chi connectivity index (χ0v) is 14.4. The molecule has 4 nitrogen and oxygen atoms in total. The number of aromatic hydroxyl groups is 1. The minimum absolute atomic E-state index is 0. The number of fused-ring (bicyclic) bond motifs is 1. The fraction of sp³-hybridized carbons (Fsp3) is 0.316. The first-order chi connectivity index (χ1) is 11.6. The number of nitrogens with one attached hydrogen (secondary N) is 1. The van der Waals surface area contributed by atoms with Crippen molar-refractivity contribution in [3.8, 4) is 5.75 Å². The van der Waals surface area contributed by atoms with Crippen molar-refractivity contribution in [1.29, 1.82) is 0 Å². The van der Waals surface area contributed by atoms with Gasteiger partial charge >= 0.3 is 0 Å². The standard InChI is InChI=1S/C19H19FN2O2.ClH/c20-15-3-1-2-13(8-15)18-17-10-21-9-14(17)11-22(18)19(24)12-4-6-16(23)7-5-12;/h1-8,14,17-18,21,23H,9-11H2;1H/t14-,17-,18-;/m0./s1. The highest BCUT2D eigenvalue weighted by atomic mass is 35.5. The van der Waals surface area contributed by atoms with E-state index >= 15 is 0 Å². The third-order valence-corrected chi connectivity index (χ3v) is 5.13. The summed E-state index contributed by atoms with van der Waals surface area (Å²) in [5, 5.41) is 12.8. The van der Waals surface area contributed by atoms with E-state index in [0.29, 0.717) is 23.9 Å². The first-order valence-corrected chi connectivity index (χ1v) is 8.19. The van der Waals surface area contributed by atoms with Crippen LogP contribution in [-0.4, -0.2) is 35.5 Å². The molecule has 2 fully saturated rings. The number of nitrogens with zero attached hydrogens (tertiary/aromatic N) is 1. The molecule has 2 aliphatic heterocycles. The maximum Gasteiger partial charge on any atom is 0.254 e. The second kappa shape index (κ2) is 7.02. The zero-order chi connectivity index (χ0) is 16.7. The lowest BCUT2D eigenvalue weighted by molar-refractivity contribution is 0.0713. The number of benzene rings is 2. The van der Waals surface area contributed by atoms with E-state index in [2.05, 4.69) is 5.32 Å². The van der Waals surface area contributed by atoms with Crippen molar-refractivity contribution in [3.05, 3.63) is 65.5 Å². The molecule has 0 radical (unpaired) electrons. The number of phenolic OH excluding ortho intramolecular Hbond substituents is 1. The second-order valence-electron chi connectivity index (χ2n) is 6.59. The Kier molecular flexibility index (Phi) is 4.97. The highest BCUT2D eigenvalue weighted by Gasteiger charge is 2.46. The van der Waals surface area contributed by atoms with E-state index < -0.39 is 0 Å². The number of halogens is 2. The predicted molar refractivity (Wildman–Crippen MR) is 95.4 cm³/mol. The molecular weight excluding hydrogens is 343 g/mol. The van der Waals surface area contributed by atoms with Gasteiger partial charge < -0.3 is 15.3 Å². The van der Waals surface area contributed by atoms with Gasteiger partial charge in [-0.3, -0.25) is 4.79 Å². The van der Waals surface area contributed by atoms with Crippen LogP contribution in [0.5, 0.6) is 5.75 Å². The largest absolute Gasteiger partial charge is 0.508 e. The van der Waals surface area contributed by atoms with Gasteiger partial charge in [-0.1, -0.05) is 12.1 Å². The molecular formula is C19H20ClFN2O2. The monoisotopic (exact) mass is 362 g/mol. The molecule has 132 valence electrons. The van der Waals surface area contributed by atoms with Crippen LogP contribution in [0.25, 0.3) is 0 Å². The number of carbonyl (C=O) groups is 1. The van der Waals surface area contributed by atoms with Crippen LogP contribution in [0.15, 0.2) is 48.5 Å². The first-order valence-electron chi connectivity index (χ1n) is 8.19. The number of amides is 1. The molecule has 2 aromatic rings. The number of likely N-dealkylation sites (tertiary alicyclic amines) is 1. The highest BCUT2D eigenvalue weighted by Crippen LogP contribution is 2.43. The maximum absolute atomic E-state index is 13.7. The Balaban J connectivity index is 0.00000182. The predicted octanol–water partition coefficient (Wildman–Crippen LogP) is 2.99. The van der Waals surface area contributed by atoms with E-state index in [4.69, 9.17) is 0 Å². The topological polar surface area (TPSA) is 52.6 Å². The molecule has 0 saturated carbocycles. The Morgan fingerprint density at radius 1 is 1.16 bits per heavy atom. The SMILES string of the molecule is Cl.O=C(c1ccc(O)cc1)N1C[C@@H]2CNC[C@@H]2[C@@H]1c1cccc(F)c1. The van der Waals surface area contributed by atoms with E-state index in [-0.39, 0.29) is 35.9 Å². The van der Waals surface area contributed by atoms with Crippen LogP contribution in [-0.2, 0) is 0 Å². The van der Waals surface area contributed by atoms with Crippen molar-refractivity contribution in [2.45, 2.75) is 6.04 Å². The van der Waals surface area contributed by atoms with Crippen LogP contribution in [0.1, 0.15) is 22.0 Å². The minimum Gasteiger partial charge on any atom is -0.508 e. The molecule has 2 aliphatic rings. The average molecular weight is 363 g/mol. The van der Waals surface area contributed by atoms with Crippen LogP contribution < -0.4 is 5.32 Å². The van der Waals surface area contributed by atoms with E-state index in [9.17, 15) is 14.3 Å². The highest BCUT2D eigenvalue weighted by molar-refractivity contribution is 5.95. The zero-order valence-electron chi connectivity index (χ0n) is 13.6. The van der Waals surface area contributed by atoms with Crippen molar-refractivity contribution in [2.75, 3.05) is 19.6 Å². The molecule has 2 saturated heterocycles. The smallest absolute Gasteiger partial charge is 0.254 e. The second-order valence-corrected chi connectivity index (χ2v) is 6.59. The van der Waals surface area contributed by atoms with E-state index in [0.717, 1.165) is 18.7 Å². The molecule has 4 rings (SSSR count). The molecule has 2 N–H and O–H groups in total. The number of hydrogen-bond donors (Lipinski definition) is 2. The van der Waals surface area contributed by atoms with Crippen LogP contribution >= 0.6 is 12.4 Å². The van der Waals surface area contributed by atoms with Crippen molar-refractivity contribution < 1.29 is 14.3 Å². The fourth-order valence-corrected chi connectivity index (χ4v) is 4.02. The lowest BCUT2D eigenvalue weighted by atomic mass is 9.89. The summed E-state index contributed by atoms with van der Waals surface area (Å²) in [7, 11) is 0. The lowest BCUT2D eigenvalue weighted by Gasteiger charge is -2.28. The molecule has 0 bridgehead atoms. The molecule has 0 spiro atoms. The molecule has 3 atom stereocenters. The van der Waals surface area contributed by atoms with Gasteiger partial charge in [-0.25, -0.2) is 4.39 Å². The van der Waals surface area contributed by atoms with E-state index in [1.54, 1.807) is 18.2 Å². The summed E-state index contributed by atoms with van der Waals surface area (Å²) >= 11 is 0. The molecule has 0 unspecified atom stereocenters. The van der Waals surface area contributed by atoms with Crippen molar-refractivity contribution in [2.24, 2.45) is 11.8 Å². The van der Waals surface area contributed by atoms with Gasteiger partial charge in [0.05, 0.1) is 6.04 Å². The summed E-state index contributed by atoms with van der Waals surface area (Å²) in [5.74, 6) is 0.473. The summed E-state index contributed by atoms with van der Waals surface area (Å²) in [4.78, 5) is 14.8. The number of rotatable bonds is 2. The normalized spacial score (nSPS) is 24.7. The van der Waals surface area contributed by atoms with Gasteiger partial charge in [-0.15, -0.1) is 12.4 Å². The Morgan fingerprint density at radius 2 is 1.92 bits per heavy atom. The molecule has 6 heteroatoms. The quantitative estimate of drug-likeness (QED) is 0.863. The van der Waals surface area contributed by atoms with Gasteiger partial charge in [0.15, 0.2) is 0 Å². The Bertz CT molecular complexity index is 768. The van der Waals surface area contributed by atoms with Gasteiger partial charge in [-0.2, -0.15) is 0 Å². The summed E-state index contributed by atoms with van der Waals surface area (Å²) in [5.41, 5.74) is 1.39.